The van der Waals surface area contributed by atoms with Crippen molar-refractivity contribution in [3.63, 3.8) is 0 Å². The molecule has 1 fully saturated rings. The maximum absolute atomic E-state index is 12.3. The van der Waals surface area contributed by atoms with Crippen molar-refractivity contribution in [2.75, 3.05) is 27.7 Å². The van der Waals surface area contributed by atoms with E-state index in [1.807, 2.05) is 0 Å². The maximum atomic E-state index is 12.3. The van der Waals surface area contributed by atoms with Crippen LogP contribution in [0.3, 0.4) is 0 Å². The van der Waals surface area contributed by atoms with Crippen LogP contribution in [0.2, 0.25) is 0 Å². The Morgan fingerprint density at radius 2 is 1.96 bits per heavy atom. The van der Waals surface area contributed by atoms with E-state index >= 15 is 0 Å². The van der Waals surface area contributed by atoms with Crippen LogP contribution in [0.5, 0.6) is 0 Å². The van der Waals surface area contributed by atoms with Crippen LogP contribution >= 0.6 is 12.4 Å². The fraction of sp³-hybridized carbons (Fsp3) is 0.556. The highest BCUT2D eigenvalue weighted by Crippen LogP contribution is 2.43. The van der Waals surface area contributed by atoms with Crippen LogP contribution < -0.4 is 4.72 Å². The summed E-state index contributed by atoms with van der Waals surface area (Å²) in [5, 5.41) is 1.37. The van der Waals surface area contributed by atoms with E-state index in [-0.39, 0.29) is 18.4 Å². The van der Waals surface area contributed by atoms with Crippen molar-refractivity contribution < 1.29 is 8.42 Å². The Balaban J connectivity index is 0.00000196. The monoisotopic (exact) mass is 398 g/mol. The molecule has 2 aromatic rings. The van der Waals surface area contributed by atoms with Crippen molar-refractivity contribution in [2.45, 2.75) is 30.8 Å². The van der Waals surface area contributed by atoms with Crippen LogP contribution in [0.4, 0.5) is 0 Å². The molecule has 1 aliphatic heterocycles. The van der Waals surface area contributed by atoms with Crippen LogP contribution in [0.1, 0.15) is 23.5 Å². The van der Waals surface area contributed by atoms with E-state index in [1.165, 1.54) is 26.3 Å². The Morgan fingerprint density at radius 3 is 2.65 bits per heavy atom. The number of fused-ring (bicyclic) bond motifs is 2. The lowest BCUT2D eigenvalue weighted by Gasteiger charge is -2.45. The van der Waals surface area contributed by atoms with Gasteiger partial charge in [0, 0.05) is 62.8 Å². The lowest BCUT2D eigenvalue weighted by molar-refractivity contribution is 0.135. The van der Waals surface area contributed by atoms with Gasteiger partial charge in [0.15, 0.2) is 0 Å². The van der Waals surface area contributed by atoms with E-state index in [0.717, 1.165) is 19.4 Å². The van der Waals surface area contributed by atoms with E-state index in [2.05, 4.69) is 52.7 Å². The molecule has 1 aliphatic carbocycles. The van der Waals surface area contributed by atoms with Crippen LogP contribution in [0.25, 0.3) is 10.9 Å². The molecule has 0 spiro atoms. The first-order valence-electron chi connectivity index (χ1n) is 8.75. The summed E-state index contributed by atoms with van der Waals surface area (Å²) in [5.41, 5.74) is 4.04. The van der Waals surface area contributed by atoms with Crippen molar-refractivity contribution in [3.05, 3.63) is 35.5 Å². The third-order valence-electron chi connectivity index (χ3n) is 5.83. The van der Waals surface area contributed by atoms with Gasteiger partial charge in [-0.1, -0.05) is 12.1 Å². The van der Waals surface area contributed by atoms with Crippen LogP contribution in [0, 0.1) is 0 Å². The minimum Gasteiger partial charge on any atom is -0.350 e. The molecular formula is C18H27ClN4O2S. The average Bonchev–Trinajstić information content (AvgIpc) is 2.86. The molecule has 0 saturated carbocycles. The van der Waals surface area contributed by atoms with Crippen molar-refractivity contribution in [1.29, 1.82) is 0 Å². The number of likely N-dealkylation sites (N-methyl/N-ethyl adjacent to an activating group) is 1. The van der Waals surface area contributed by atoms with Crippen molar-refractivity contribution in [2.24, 2.45) is 7.05 Å². The van der Waals surface area contributed by atoms with Gasteiger partial charge in [0.05, 0.1) is 0 Å². The fourth-order valence-electron chi connectivity index (χ4n) is 4.62. The highest BCUT2D eigenvalue weighted by molar-refractivity contribution is 7.87. The molecule has 8 heteroatoms. The Bertz CT molecular complexity index is 925. The fourth-order valence-corrected chi connectivity index (χ4v) is 5.42. The van der Waals surface area contributed by atoms with Gasteiger partial charge in [-0.3, -0.25) is 0 Å². The average molecular weight is 399 g/mol. The number of aryl methyl sites for hydroxylation is 1. The molecule has 2 aliphatic rings. The van der Waals surface area contributed by atoms with Gasteiger partial charge in [-0.15, -0.1) is 12.4 Å². The molecule has 1 aromatic carbocycles. The molecule has 0 amide bonds. The third kappa shape index (κ3) is 3.05. The summed E-state index contributed by atoms with van der Waals surface area (Å²) >= 11 is 0. The number of halogens is 1. The van der Waals surface area contributed by atoms with E-state index in [0.29, 0.717) is 12.0 Å². The summed E-state index contributed by atoms with van der Waals surface area (Å²) in [6.45, 7) is 0.742. The molecule has 2 heterocycles. The highest BCUT2D eigenvalue weighted by Gasteiger charge is 2.40. The summed E-state index contributed by atoms with van der Waals surface area (Å²) in [6, 6.07) is 6.87. The zero-order valence-electron chi connectivity index (χ0n) is 15.6. The quantitative estimate of drug-likeness (QED) is 0.856. The Kier molecular flexibility index (Phi) is 5.13. The first-order chi connectivity index (χ1) is 11.8. The van der Waals surface area contributed by atoms with E-state index in [1.54, 1.807) is 14.1 Å². The second-order valence-corrected chi connectivity index (χ2v) is 9.58. The van der Waals surface area contributed by atoms with Gasteiger partial charge in [0.2, 0.25) is 0 Å². The molecular weight excluding hydrogens is 372 g/mol. The standard InChI is InChI=1S/C18H26N4O2S.ClH/c1-20(2)25(23,24)19-13-9-15-14-6-5-7-16-18(14)12(10-21(16)3)8-17(15)22(4)11-13;/h5-7,10,13,15,17,19H,8-9,11H2,1-4H3;1H. The van der Waals surface area contributed by atoms with Crippen molar-refractivity contribution in [1.82, 2.24) is 18.5 Å². The van der Waals surface area contributed by atoms with Crippen LogP contribution in [0.15, 0.2) is 24.4 Å². The van der Waals surface area contributed by atoms with Gasteiger partial charge in [-0.05, 0) is 37.1 Å². The Hall–Kier alpha value is -1.12. The van der Waals surface area contributed by atoms with E-state index < -0.39 is 10.2 Å². The molecule has 3 unspecified atom stereocenters. The third-order valence-corrected chi connectivity index (χ3v) is 7.42. The Labute approximate surface area is 161 Å². The molecule has 0 bridgehead atoms. The van der Waals surface area contributed by atoms with Gasteiger partial charge >= 0.3 is 0 Å². The predicted octanol–water partition coefficient (Wildman–Crippen LogP) is 1.71. The molecule has 0 radical (unpaired) electrons. The largest absolute Gasteiger partial charge is 0.350 e. The molecule has 4 rings (SSSR count). The number of hydrogen-bond acceptors (Lipinski definition) is 3. The smallest absolute Gasteiger partial charge is 0.279 e. The topological polar surface area (TPSA) is 57.6 Å². The minimum absolute atomic E-state index is 0. The normalized spacial score (nSPS) is 26.0. The minimum atomic E-state index is -3.41. The van der Waals surface area contributed by atoms with Crippen LogP contribution in [-0.4, -0.2) is 62.0 Å². The number of piperidine rings is 1. The Morgan fingerprint density at radius 1 is 1.23 bits per heavy atom. The number of benzene rings is 1. The van der Waals surface area contributed by atoms with Crippen molar-refractivity contribution >= 4 is 33.5 Å². The number of nitrogens with one attached hydrogen (secondary N) is 1. The van der Waals surface area contributed by atoms with Gasteiger partial charge in [-0.2, -0.15) is 17.4 Å². The summed E-state index contributed by atoms with van der Waals surface area (Å²) in [5.74, 6) is 0.354. The second-order valence-electron chi connectivity index (χ2n) is 7.66. The number of likely N-dealkylation sites (tertiary alicyclic amines) is 1. The first kappa shape index (κ1) is 19.6. The number of nitrogens with zero attached hydrogens (tertiary/aromatic N) is 3. The summed E-state index contributed by atoms with van der Waals surface area (Å²) in [4.78, 5) is 2.33. The van der Waals surface area contributed by atoms with E-state index in [9.17, 15) is 8.42 Å². The SMILES string of the molecule is CN1CC(NS(=O)(=O)N(C)C)CC2c3cccc4c3c(cn4C)CC21.Cl. The molecule has 3 atom stereocenters. The number of hydrogen-bond donors (Lipinski definition) is 1. The lowest BCUT2D eigenvalue weighted by atomic mass is 9.74. The number of rotatable bonds is 3. The van der Waals surface area contributed by atoms with Crippen LogP contribution in [-0.2, 0) is 23.7 Å². The summed E-state index contributed by atoms with van der Waals surface area (Å²) in [6.07, 6.45) is 4.12. The second kappa shape index (κ2) is 6.80. The molecule has 1 saturated heterocycles. The molecule has 26 heavy (non-hydrogen) atoms. The highest BCUT2D eigenvalue weighted by atomic mass is 35.5. The zero-order valence-corrected chi connectivity index (χ0v) is 17.3. The van der Waals surface area contributed by atoms with Gasteiger partial charge in [0.1, 0.15) is 0 Å². The van der Waals surface area contributed by atoms with Gasteiger partial charge < -0.3 is 9.47 Å². The zero-order chi connectivity index (χ0) is 17.9. The maximum Gasteiger partial charge on any atom is 0.279 e. The van der Waals surface area contributed by atoms with Crippen molar-refractivity contribution in [3.8, 4) is 0 Å². The van der Waals surface area contributed by atoms with Gasteiger partial charge in [0.25, 0.3) is 10.2 Å². The number of aromatic nitrogens is 1. The summed E-state index contributed by atoms with van der Waals surface area (Å²) < 4.78 is 30.8. The lowest BCUT2D eigenvalue weighted by Crippen LogP contribution is -2.56. The molecule has 144 valence electrons. The summed E-state index contributed by atoms with van der Waals surface area (Å²) in [7, 11) is 3.93. The molecule has 1 aromatic heterocycles. The van der Waals surface area contributed by atoms with Gasteiger partial charge in [-0.25, -0.2) is 0 Å². The molecule has 6 nitrogen and oxygen atoms in total. The predicted molar refractivity (Wildman–Crippen MR) is 107 cm³/mol. The van der Waals surface area contributed by atoms with E-state index in [4.69, 9.17) is 0 Å². The molecule has 1 N–H and O–H groups in total. The first-order valence-corrected chi connectivity index (χ1v) is 10.2.